The molecule has 202 valence electrons. The third-order valence-electron chi connectivity index (χ3n) is 8.83. The highest BCUT2D eigenvalue weighted by Gasteiger charge is 2.46. The summed E-state index contributed by atoms with van der Waals surface area (Å²) in [6.45, 7) is 17.9. The lowest BCUT2D eigenvalue weighted by molar-refractivity contribution is 0.0730. The van der Waals surface area contributed by atoms with Gasteiger partial charge >= 0.3 is 0 Å². The van der Waals surface area contributed by atoms with Crippen LogP contribution in [0.5, 0.6) is 0 Å². The molecule has 39 heavy (non-hydrogen) atoms. The second-order valence-corrected chi connectivity index (χ2v) is 13.7. The fourth-order valence-electron chi connectivity index (χ4n) is 6.18. The van der Waals surface area contributed by atoms with Crippen LogP contribution in [0.25, 0.3) is 11.1 Å². The van der Waals surface area contributed by atoms with E-state index in [0.717, 1.165) is 26.0 Å². The molecule has 2 nitrogen and oxygen atoms in total. The minimum atomic E-state index is -0.0137. The van der Waals surface area contributed by atoms with Gasteiger partial charge in [-0.2, -0.15) is 0 Å². The summed E-state index contributed by atoms with van der Waals surface area (Å²) < 4.78 is 2.33. The smallest absolute Gasteiger partial charge is 0.0467 e. The first kappa shape index (κ1) is 28.1. The molecule has 0 aliphatic carbocycles. The van der Waals surface area contributed by atoms with Crippen LogP contribution in [0.4, 0.5) is 17.1 Å². The molecule has 1 heterocycles. The second-order valence-electron chi connectivity index (χ2n) is 12.1. The van der Waals surface area contributed by atoms with Crippen molar-refractivity contribution in [2.75, 3.05) is 11.9 Å². The molecular weight excluding hydrogens is 608 g/mol. The zero-order valence-corrected chi connectivity index (χ0v) is 27.7. The van der Waals surface area contributed by atoms with Crippen LogP contribution < -0.4 is 4.90 Å². The maximum atomic E-state index is 3.76. The van der Waals surface area contributed by atoms with Crippen molar-refractivity contribution in [3.8, 4) is 11.1 Å². The van der Waals surface area contributed by atoms with E-state index < -0.39 is 0 Å². The summed E-state index contributed by atoms with van der Waals surface area (Å²) >= 11 is 7.51. The van der Waals surface area contributed by atoms with Gasteiger partial charge in [-0.15, -0.1) is 0 Å². The van der Waals surface area contributed by atoms with Crippen LogP contribution in [0.2, 0.25) is 0 Å². The molecule has 0 saturated carbocycles. The number of anilines is 3. The van der Waals surface area contributed by atoms with Crippen LogP contribution in [0.15, 0.2) is 75.7 Å². The van der Waals surface area contributed by atoms with Gasteiger partial charge in [-0.25, -0.2) is 0 Å². The van der Waals surface area contributed by atoms with Crippen LogP contribution in [0.1, 0.15) is 61.1 Å². The zero-order chi connectivity index (χ0) is 28.4. The normalized spacial score (nSPS) is 15.9. The minimum Gasteiger partial charge on any atom is -0.310 e. The van der Waals surface area contributed by atoms with Crippen molar-refractivity contribution in [2.45, 2.75) is 66.5 Å². The molecule has 0 atom stereocenters. The fourth-order valence-corrected chi connectivity index (χ4v) is 6.64. The molecule has 1 aliphatic heterocycles. The van der Waals surface area contributed by atoms with E-state index in [1.807, 2.05) is 0 Å². The van der Waals surface area contributed by atoms with Gasteiger partial charge in [-0.3, -0.25) is 4.90 Å². The van der Waals surface area contributed by atoms with Crippen molar-refractivity contribution in [1.29, 1.82) is 0 Å². The van der Waals surface area contributed by atoms with Crippen molar-refractivity contribution in [2.24, 2.45) is 0 Å². The van der Waals surface area contributed by atoms with E-state index in [4.69, 9.17) is 0 Å². The average Bonchev–Trinajstić information content (AvgIpc) is 3.02. The Hall–Kier alpha value is -2.40. The highest BCUT2D eigenvalue weighted by molar-refractivity contribution is 9.10. The summed E-state index contributed by atoms with van der Waals surface area (Å²) in [7, 11) is 2.24. The Balaban J connectivity index is 1.60. The minimum absolute atomic E-state index is 0.0137. The second kappa shape index (κ2) is 9.90. The summed E-state index contributed by atoms with van der Waals surface area (Å²) in [6, 6.07) is 25.1. The topological polar surface area (TPSA) is 6.48 Å². The molecule has 0 bridgehead atoms. The molecular formula is C35H38Br2N2. The van der Waals surface area contributed by atoms with E-state index in [9.17, 15) is 0 Å². The average molecular weight is 647 g/mol. The van der Waals surface area contributed by atoms with E-state index in [2.05, 4.69) is 171 Å². The monoisotopic (exact) mass is 644 g/mol. The lowest BCUT2D eigenvalue weighted by atomic mass is 9.88. The Morgan fingerprint density at radius 2 is 0.949 bits per heavy atom. The molecule has 4 aromatic carbocycles. The zero-order valence-electron chi connectivity index (χ0n) is 24.5. The fraction of sp³-hybridized carbons (Fsp3) is 0.314. The van der Waals surface area contributed by atoms with E-state index in [1.54, 1.807) is 0 Å². The molecule has 0 amide bonds. The van der Waals surface area contributed by atoms with Gasteiger partial charge in [-0.1, -0.05) is 56.1 Å². The molecule has 0 aromatic heterocycles. The largest absolute Gasteiger partial charge is 0.310 e. The number of fused-ring (bicyclic) bond motifs is 1. The number of hydrogen-bond acceptors (Lipinski definition) is 2. The predicted octanol–water partition coefficient (Wildman–Crippen LogP) is 11.0. The predicted molar refractivity (Wildman–Crippen MR) is 175 cm³/mol. The van der Waals surface area contributed by atoms with Gasteiger partial charge in [0.15, 0.2) is 0 Å². The van der Waals surface area contributed by atoms with Gasteiger partial charge in [0.25, 0.3) is 0 Å². The SMILES string of the molecule is Cc1cc(N(c2ccc(-c3ccc4c(c3)C(C)(C)N(C)C4(C)C)cc2)c2cc(C)c(Br)c(C)c2)cc(C)c1Br. The molecule has 4 aromatic rings. The Bertz CT molecular complexity index is 1480. The molecule has 0 N–H and O–H groups in total. The van der Waals surface area contributed by atoms with Gasteiger partial charge in [0.1, 0.15) is 0 Å². The van der Waals surface area contributed by atoms with Crippen molar-refractivity contribution < 1.29 is 0 Å². The standard InChI is InChI=1S/C35H38Br2N2/c1-21-16-28(17-22(2)32(21)36)39(29-18-23(3)33(37)24(4)19-29)27-13-10-25(11-14-27)26-12-15-30-31(20-26)35(7,8)38(9)34(30,5)6/h10-20H,1-9H3. The summed E-state index contributed by atoms with van der Waals surface area (Å²) in [5.41, 5.74) is 13.7. The maximum absolute atomic E-state index is 3.76. The van der Waals surface area contributed by atoms with Crippen molar-refractivity contribution in [3.05, 3.63) is 109 Å². The van der Waals surface area contributed by atoms with Crippen LogP contribution in [-0.4, -0.2) is 11.9 Å². The van der Waals surface area contributed by atoms with Crippen LogP contribution in [-0.2, 0) is 11.1 Å². The number of hydrogen-bond donors (Lipinski definition) is 0. The lowest BCUT2D eigenvalue weighted by Gasteiger charge is -2.37. The lowest BCUT2D eigenvalue weighted by Crippen LogP contribution is -2.42. The summed E-state index contributed by atoms with van der Waals surface area (Å²) in [6.07, 6.45) is 0. The number of nitrogens with zero attached hydrogens (tertiary/aromatic N) is 2. The molecule has 4 heteroatoms. The number of rotatable bonds is 4. The highest BCUT2D eigenvalue weighted by atomic mass is 79.9. The van der Waals surface area contributed by atoms with Crippen LogP contribution in [0.3, 0.4) is 0 Å². The van der Waals surface area contributed by atoms with Crippen molar-refractivity contribution >= 4 is 48.9 Å². The van der Waals surface area contributed by atoms with Crippen molar-refractivity contribution in [1.82, 2.24) is 4.90 Å². The Kier molecular flexibility index (Phi) is 7.15. The Labute approximate surface area is 251 Å². The molecule has 1 aliphatic rings. The van der Waals surface area contributed by atoms with E-state index in [1.165, 1.54) is 44.5 Å². The maximum Gasteiger partial charge on any atom is 0.0467 e. The molecule has 5 rings (SSSR count). The molecule has 0 radical (unpaired) electrons. The summed E-state index contributed by atoms with van der Waals surface area (Å²) in [4.78, 5) is 4.85. The van der Waals surface area contributed by atoms with Crippen LogP contribution in [0, 0.1) is 27.7 Å². The van der Waals surface area contributed by atoms with Gasteiger partial charge < -0.3 is 4.90 Å². The van der Waals surface area contributed by atoms with E-state index in [0.29, 0.717) is 0 Å². The van der Waals surface area contributed by atoms with E-state index >= 15 is 0 Å². The van der Waals surface area contributed by atoms with Crippen LogP contribution >= 0.6 is 31.9 Å². The molecule has 0 saturated heterocycles. The third kappa shape index (κ3) is 4.69. The van der Waals surface area contributed by atoms with Gasteiger partial charge in [-0.05, 0) is 149 Å². The summed E-state index contributed by atoms with van der Waals surface area (Å²) in [5, 5.41) is 0. The number of aryl methyl sites for hydroxylation is 4. The van der Waals surface area contributed by atoms with Crippen molar-refractivity contribution in [3.63, 3.8) is 0 Å². The molecule has 0 fully saturated rings. The first-order valence-electron chi connectivity index (χ1n) is 13.6. The van der Waals surface area contributed by atoms with Gasteiger partial charge in [0, 0.05) is 37.1 Å². The van der Waals surface area contributed by atoms with Gasteiger partial charge in [0.2, 0.25) is 0 Å². The summed E-state index contributed by atoms with van der Waals surface area (Å²) in [5.74, 6) is 0. The van der Waals surface area contributed by atoms with Gasteiger partial charge in [0.05, 0.1) is 0 Å². The Morgan fingerprint density at radius 3 is 1.41 bits per heavy atom. The number of benzene rings is 4. The van der Waals surface area contributed by atoms with E-state index in [-0.39, 0.29) is 11.1 Å². The number of halogens is 2. The molecule has 0 spiro atoms. The quantitative estimate of drug-likeness (QED) is 0.218. The Morgan fingerprint density at radius 1 is 0.538 bits per heavy atom. The highest BCUT2D eigenvalue weighted by Crippen LogP contribution is 2.49. The third-order valence-corrected chi connectivity index (χ3v) is 11.3. The first-order valence-corrected chi connectivity index (χ1v) is 15.1. The molecule has 0 unspecified atom stereocenters. The first-order chi connectivity index (χ1) is 18.2.